The molecule has 1 heterocycles. The highest BCUT2D eigenvalue weighted by Gasteiger charge is 2.47. The van der Waals surface area contributed by atoms with E-state index in [0.717, 1.165) is 16.9 Å². The number of carbonyl (C=O) groups is 2. The van der Waals surface area contributed by atoms with Crippen LogP contribution in [0.4, 0.5) is 0 Å². The van der Waals surface area contributed by atoms with Crippen molar-refractivity contribution in [3.05, 3.63) is 94.5 Å². The summed E-state index contributed by atoms with van der Waals surface area (Å²) < 4.78 is 12.5. The van der Waals surface area contributed by atoms with Crippen molar-refractivity contribution in [1.82, 2.24) is 10.7 Å². The first-order valence-corrected chi connectivity index (χ1v) is 11.2. The van der Waals surface area contributed by atoms with Crippen molar-refractivity contribution >= 4 is 29.6 Å². The minimum absolute atomic E-state index is 0.315. The molecule has 7 nitrogen and oxygen atoms in total. The molecule has 2 atom stereocenters. The Morgan fingerprint density at radius 3 is 2.29 bits per heavy atom. The van der Waals surface area contributed by atoms with Crippen molar-refractivity contribution < 1.29 is 23.7 Å². The van der Waals surface area contributed by atoms with Crippen molar-refractivity contribution in [2.24, 2.45) is 0 Å². The number of hydrazine groups is 1. The molecule has 0 aliphatic carbocycles. The average molecular weight is 479 g/mol. The van der Waals surface area contributed by atoms with Gasteiger partial charge in [-0.2, -0.15) is 0 Å². The van der Waals surface area contributed by atoms with Crippen LogP contribution in [0.5, 0.6) is 11.5 Å². The lowest BCUT2D eigenvalue weighted by molar-refractivity contribution is -0.596. The number of rotatable bonds is 7. The smallest absolute Gasteiger partial charge is 0.304 e. The summed E-state index contributed by atoms with van der Waals surface area (Å²) in [6.07, 6.45) is 1.83. The summed E-state index contributed by atoms with van der Waals surface area (Å²) in [5.41, 5.74) is 5.00. The zero-order valence-corrected chi connectivity index (χ0v) is 19.6. The van der Waals surface area contributed by atoms with E-state index in [0.29, 0.717) is 22.9 Å². The van der Waals surface area contributed by atoms with Crippen LogP contribution < -0.4 is 20.2 Å². The number of hydrogen-bond donors (Lipinski definition) is 2. The molecule has 0 radical (unpaired) electrons. The normalized spacial score (nSPS) is 18.4. The Kier molecular flexibility index (Phi) is 7.13. The van der Waals surface area contributed by atoms with Crippen LogP contribution in [-0.2, 0) is 4.79 Å². The van der Waals surface area contributed by atoms with E-state index in [-0.39, 0.29) is 11.8 Å². The number of hydrazone groups is 1. The minimum Gasteiger partial charge on any atom is -0.497 e. The first-order valence-electron chi connectivity index (χ1n) is 10.9. The van der Waals surface area contributed by atoms with E-state index in [4.69, 9.17) is 21.1 Å². The summed E-state index contributed by atoms with van der Waals surface area (Å²) >= 11 is 5.94. The van der Waals surface area contributed by atoms with Gasteiger partial charge in [0.05, 0.1) is 13.7 Å². The van der Waals surface area contributed by atoms with Gasteiger partial charge >= 0.3 is 5.91 Å². The minimum atomic E-state index is -0.824. The number of hydrogen-bond acceptors (Lipinski definition) is 4. The molecule has 8 heteroatoms. The summed E-state index contributed by atoms with van der Waals surface area (Å²) in [5.74, 6) is 0.790. The van der Waals surface area contributed by atoms with E-state index in [1.54, 1.807) is 36.1 Å². The van der Waals surface area contributed by atoms with Crippen LogP contribution in [-0.4, -0.2) is 42.5 Å². The predicted molar refractivity (Wildman–Crippen MR) is 130 cm³/mol. The van der Waals surface area contributed by atoms with Gasteiger partial charge in [-0.3, -0.25) is 9.59 Å². The maximum atomic E-state index is 13.0. The summed E-state index contributed by atoms with van der Waals surface area (Å²) in [7, 11) is 1.59. The van der Waals surface area contributed by atoms with Crippen molar-refractivity contribution in [3.63, 3.8) is 0 Å². The Balaban J connectivity index is 1.67. The van der Waals surface area contributed by atoms with E-state index in [9.17, 15) is 9.59 Å². The summed E-state index contributed by atoms with van der Waals surface area (Å²) in [4.78, 5) is 25.9. The van der Waals surface area contributed by atoms with Crippen LogP contribution in [0, 0.1) is 0 Å². The summed E-state index contributed by atoms with van der Waals surface area (Å²) in [6, 6.07) is 20.2. The molecule has 1 aliphatic heterocycles. The number of methoxy groups -OCH3 is 1. The fourth-order valence-corrected chi connectivity index (χ4v) is 3.91. The molecule has 3 aromatic carbocycles. The van der Waals surface area contributed by atoms with Crippen LogP contribution in [0.3, 0.4) is 0 Å². The standard InChI is InChI=1S/C26H24ClN3O4/c1-3-34-22-12-4-17(5-13-22)16-30-24(18-8-14-21(33-2)15-9-18)23(26(32)29-30)28-25(31)19-6-10-20(27)11-7-19/h4-16,23-24H,3H2,1-2H3,(H-,28,29,31,32)/p+1/b30-16-/t23-,24+/m1/s1. The average Bonchev–Trinajstić information content (AvgIpc) is 3.15. The van der Waals surface area contributed by atoms with Crippen molar-refractivity contribution in [2.45, 2.75) is 19.0 Å². The number of nitrogens with one attached hydrogen (secondary N) is 2. The monoisotopic (exact) mass is 478 g/mol. The molecule has 0 saturated carbocycles. The highest BCUT2D eigenvalue weighted by molar-refractivity contribution is 6.30. The lowest BCUT2D eigenvalue weighted by Gasteiger charge is -2.15. The van der Waals surface area contributed by atoms with E-state index in [1.165, 1.54) is 0 Å². The summed E-state index contributed by atoms with van der Waals surface area (Å²) in [6.45, 7) is 2.51. The molecule has 34 heavy (non-hydrogen) atoms. The Labute approximate surface area is 202 Å². The first kappa shape index (κ1) is 23.3. The van der Waals surface area contributed by atoms with E-state index in [1.807, 2.05) is 61.7 Å². The molecule has 1 fully saturated rings. The van der Waals surface area contributed by atoms with Gasteiger partial charge < -0.3 is 14.8 Å². The SMILES string of the molecule is CCOc1ccc(/C=[N+]2\NC(=O)[C@H](NC(=O)c3ccc(Cl)cc3)[C@@H]2c2ccc(OC)cc2)cc1. The third-order valence-electron chi connectivity index (χ3n) is 5.47. The first-order chi connectivity index (χ1) is 16.5. The molecule has 0 spiro atoms. The molecule has 0 aromatic heterocycles. The van der Waals surface area contributed by atoms with Gasteiger partial charge in [-0.15, -0.1) is 10.1 Å². The third kappa shape index (κ3) is 5.21. The maximum absolute atomic E-state index is 13.0. The van der Waals surface area contributed by atoms with Gasteiger partial charge in [-0.25, -0.2) is 0 Å². The molecule has 0 unspecified atom stereocenters. The van der Waals surface area contributed by atoms with Gasteiger partial charge in [-0.1, -0.05) is 11.6 Å². The molecule has 4 rings (SSSR count). The van der Waals surface area contributed by atoms with Gasteiger partial charge in [0.2, 0.25) is 12.3 Å². The summed E-state index contributed by atoms with van der Waals surface area (Å²) in [5, 5.41) is 3.41. The topological polar surface area (TPSA) is 79.7 Å². The van der Waals surface area contributed by atoms with Gasteiger partial charge in [-0.05, 0) is 79.7 Å². The number of ether oxygens (including phenoxy) is 2. The Bertz CT molecular complexity index is 1190. The quantitative estimate of drug-likeness (QED) is 0.507. The van der Waals surface area contributed by atoms with Crippen LogP contribution >= 0.6 is 11.6 Å². The predicted octanol–water partition coefficient (Wildman–Crippen LogP) is 3.76. The van der Waals surface area contributed by atoms with Crippen LogP contribution in [0.1, 0.15) is 34.5 Å². The van der Waals surface area contributed by atoms with Crippen LogP contribution in [0.2, 0.25) is 5.02 Å². The number of carbonyl (C=O) groups excluding carboxylic acids is 2. The molecular weight excluding hydrogens is 454 g/mol. The number of halogens is 1. The second kappa shape index (κ2) is 10.4. The zero-order valence-electron chi connectivity index (χ0n) is 18.8. The molecule has 1 saturated heterocycles. The number of nitrogens with zero attached hydrogens (tertiary/aromatic N) is 1. The third-order valence-corrected chi connectivity index (χ3v) is 5.72. The van der Waals surface area contributed by atoms with Gasteiger partial charge in [0.25, 0.3) is 5.91 Å². The van der Waals surface area contributed by atoms with Crippen LogP contribution in [0.25, 0.3) is 0 Å². The number of amides is 2. The fraction of sp³-hybridized carbons (Fsp3) is 0.192. The molecule has 3 aromatic rings. The maximum Gasteiger partial charge on any atom is 0.304 e. The Morgan fingerprint density at radius 1 is 1.03 bits per heavy atom. The second-order valence-corrected chi connectivity index (χ2v) is 8.13. The van der Waals surface area contributed by atoms with Crippen molar-refractivity contribution in [2.75, 3.05) is 13.7 Å². The molecular formula is C26H25ClN3O4+. The zero-order chi connectivity index (χ0) is 24.1. The van der Waals surface area contributed by atoms with Gasteiger partial charge in [0.1, 0.15) is 11.5 Å². The molecule has 1 aliphatic rings. The fourth-order valence-electron chi connectivity index (χ4n) is 3.78. The van der Waals surface area contributed by atoms with E-state index in [2.05, 4.69) is 10.7 Å². The molecule has 2 amide bonds. The molecule has 0 bridgehead atoms. The largest absolute Gasteiger partial charge is 0.497 e. The van der Waals surface area contributed by atoms with E-state index < -0.39 is 12.1 Å². The lowest BCUT2D eigenvalue weighted by atomic mass is 9.99. The van der Waals surface area contributed by atoms with Crippen LogP contribution in [0.15, 0.2) is 72.8 Å². The highest BCUT2D eigenvalue weighted by atomic mass is 35.5. The lowest BCUT2D eigenvalue weighted by Crippen LogP contribution is -2.42. The highest BCUT2D eigenvalue weighted by Crippen LogP contribution is 2.27. The van der Waals surface area contributed by atoms with Gasteiger partial charge in [0.15, 0.2) is 6.04 Å². The van der Waals surface area contributed by atoms with Gasteiger partial charge in [0, 0.05) is 21.7 Å². The molecule has 174 valence electrons. The number of benzene rings is 3. The van der Waals surface area contributed by atoms with Crippen molar-refractivity contribution in [3.8, 4) is 11.5 Å². The van der Waals surface area contributed by atoms with E-state index >= 15 is 0 Å². The molecule has 2 N–H and O–H groups in total. The second-order valence-electron chi connectivity index (χ2n) is 7.69. The van der Waals surface area contributed by atoms with Crippen molar-refractivity contribution in [1.29, 1.82) is 0 Å². The Hall–Kier alpha value is -3.84. The Morgan fingerprint density at radius 2 is 1.68 bits per heavy atom.